The van der Waals surface area contributed by atoms with Crippen LogP contribution < -0.4 is 4.74 Å². The van der Waals surface area contributed by atoms with E-state index in [0.717, 1.165) is 11.3 Å². The first-order valence-electron chi connectivity index (χ1n) is 7.45. The van der Waals surface area contributed by atoms with Gasteiger partial charge < -0.3 is 19.5 Å². The maximum Gasteiger partial charge on any atom is 0.223 e. The smallest absolute Gasteiger partial charge is 0.223 e. The molecule has 0 aliphatic carbocycles. The van der Waals surface area contributed by atoms with Crippen LogP contribution in [0.3, 0.4) is 0 Å². The van der Waals surface area contributed by atoms with Crippen molar-refractivity contribution in [1.82, 2.24) is 4.90 Å². The van der Waals surface area contributed by atoms with Gasteiger partial charge in [-0.15, -0.1) is 0 Å². The molecule has 0 bridgehead atoms. The maximum absolute atomic E-state index is 12.2. The fraction of sp³-hybridized carbons (Fsp3) is 0.562. The van der Waals surface area contributed by atoms with E-state index in [1.807, 2.05) is 31.2 Å². The van der Waals surface area contributed by atoms with Crippen molar-refractivity contribution < 1.29 is 19.4 Å². The number of hydrogen-bond acceptors (Lipinski definition) is 4. The van der Waals surface area contributed by atoms with Crippen LogP contribution in [0.15, 0.2) is 24.3 Å². The third-order valence-corrected chi connectivity index (χ3v) is 3.58. The summed E-state index contributed by atoms with van der Waals surface area (Å²) in [4.78, 5) is 14.0. The highest BCUT2D eigenvalue weighted by molar-refractivity contribution is 5.76. The second-order valence-electron chi connectivity index (χ2n) is 5.06. The molecule has 1 aromatic rings. The summed E-state index contributed by atoms with van der Waals surface area (Å²) in [6, 6.07) is 7.82. The second kappa shape index (κ2) is 8.00. The lowest BCUT2D eigenvalue weighted by atomic mass is 10.1. The number of carbonyl (C=O) groups excluding carboxylic acids is 1. The van der Waals surface area contributed by atoms with Crippen molar-refractivity contribution >= 4 is 5.91 Å². The third kappa shape index (κ3) is 4.44. The Morgan fingerprint density at radius 1 is 1.48 bits per heavy atom. The monoisotopic (exact) mass is 293 g/mol. The Morgan fingerprint density at radius 2 is 2.29 bits per heavy atom. The van der Waals surface area contributed by atoms with E-state index in [4.69, 9.17) is 14.6 Å². The van der Waals surface area contributed by atoms with Crippen LogP contribution in [-0.4, -0.2) is 54.9 Å². The fourth-order valence-electron chi connectivity index (χ4n) is 2.46. The minimum Gasteiger partial charge on any atom is -0.494 e. The lowest BCUT2D eigenvalue weighted by Gasteiger charge is -2.32. The minimum atomic E-state index is -0.251. The van der Waals surface area contributed by atoms with E-state index in [1.165, 1.54) is 0 Å². The number of nitrogens with zero attached hydrogens (tertiary/aromatic N) is 1. The zero-order valence-corrected chi connectivity index (χ0v) is 12.5. The number of amides is 1. The van der Waals surface area contributed by atoms with Crippen LogP contribution in [-0.2, 0) is 16.0 Å². The first-order valence-corrected chi connectivity index (χ1v) is 7.45. The molecular formula is C16H23NO4. The van der Waals surface area contributed by atoms with E-state index in [0.29, 0.717) is 39.1 Å². The molecule has 5 heteroatoms. The molecule has 1 amide bonds. The van der Waals surface area contributed by atoms with Gasteiger partial charge >= 0.3 is 0 Å². The molecule has 1 saturated heterocycles. The summed E-state index contributed by atoms with van der Waals surface area (Å²) in [5, 5.41) is 9.11. The zero-order valence-electron chi connectivity index (χ0n) is 12.5. The number of hydrogen-bond donors (Lipinski definition) is 1. The number of aryl methyl sites for hydroxylation is 1. The molecule has 5 nitrogen and oxygen atoms in total. The van der Waals surface area contributed by atoms with Crippen LogP contribution in [0.25, 0.3) is 0 Å². The maximum atomic E-state index is 12.2. The van der Waals surface area contributed by atoms with Crippen LogP contribution in [0, 0.1) is 0 Å². The summed E-state index contributed by atoms with van der Waals surface area (Å²) in [5.74, 6) is 0.950. The number of rotatable bonds is 6. The standard InChI is InChI=1S/C16H23NO4/c1-2-20-15-6-4-3-5-13(15)7-8-16(19)17-9-10-21-14(11-17)12-18/h3-6,14,18H,2,7-12H2,1H3. The van der Waals surface area contributed by atoms with Crippen LogP contribution in [0.1, 0.15) is 18.9 Å². The van der Waals surface area contributed by atoms with E-state index < -0.39 is 0 Å². The van der Waals surface area contributed by atoms with Crippen molar-refractivity contribution in [2.45, 2.75) is 25.9 Å². The molecule has 1 fully saturated rings. The minimum absolute atomic E-state index is 0.0447. The Balaban J connectivity index is 1.89. The molecule has 1 aliphatic heterocycles. The van der Waals surface area contributed by atoms with E-state index in [2.05, 4.69) is 0 Å². The molecule has 2 rings (SSSR count). The molecule has 21 heavy (non-hydrogen) atoms. The van der Waals surface area contributed by atoms with Gasteiger partial charge in [-0.25, -0.2) is 0 Å². The first-order chi connectivity index (χ1) is 10.2. The van der Waals surface area contributed by atoms with Crippen molar-refractivity contribution in [1.29, 1.82) is 0 Å². The lowest BCUT2D eigenvalue weighted by molar-refractivity contribution is -0.140. The average molecular weight is 293 g/mol. The Bertz CT molecular complexity index is 463. The molecular weight excluding hydrogens is 270 g/mol. The quantitative estimate of drug-likeness (QED) is 0.857. The van der Waals surface area contributed by atoms with Crippen molar-refractivity contribution in [2.24, 2.45) is 0 Å². The highest BCUT2D eigenvalue weighted by atomic mass is 16.5. The van der Waals surface area contributed by atoms with Gasteiger partial charge in [-0.1, -0.05) is 18.2 Å². The predicted molar refractivity (Wildman–Crippen MR) is 79.3 cm³/mol. The van der Waals surface area contributed by atoms with Gasteiger partial charge in [0.15, 0.2) is 0 Å². The van der Waals surface area contributed by atoms with Gasteiger partial charge in [-0.2, -0.15) is 0 Å². The number of benzene rings is 1. The summed E-state index contributed by atoms with van der Waals surface area (Å²) < 4.78 is 10.9. The molecule has 1 atom stereocenters. The van der Waals surface area contributed by atoms with Crippen molar-refractivity contribution in [2.75, 3.05) is 32.9 Å². The topological polar surface area (TPSA) is 59.0 Å². The van der Waals surface area contributed by atoms with Crippen LogP contribution in [0.2, 0.25) is 0 Å². The molecule has 0 radical (unpaired) electrons. The van der Waals surface area contributed by atoms with Gasteiger partial charge in [-0.05, 0) is 25.0 Å². The largest absolute Gasteiger partial charge is 0.494 e. The van der Waals surface area contributed by atoms with Gasteiger partial charge in [0, 0.05) is 19.5 Å². The third-order valence-electron chi connectivity index (χ3n) is 3.58. The average Bonchev–Trinajstić information content (AvgIpc) is 2.54. The van der Waals surface area contributed by atoms with Gasteiger partial charge in [0.1, 0.15) is 5.75 Å². The molecule has 1 N–H and O–H groups in total. The molecule has 0 spiro atoms. The SMILES string of the molecule is CCOc1ccccc1CCC(=O)N1CCOC(CO)C1. The number of aliphatic hydroxyl groups is 1. The van der Waals surface area contributed by atoms with Crippen LogP contribution >= 0.6 is 0 Å². The molecule has 1 unspecified atom stereocenters. The molecule has 0 saturated carbocycles. The van der Waals surface area contributed by atoms with E-state index in [-0.39, 0.29) is 18.6 Å². The molecule has 0 aromatic heterocycles. The van der Waals surface area contributed by atoms with Crippen LogP contribution in [0.4, 0.5) is 0 Å². The highest BCUT2D eigenvalue weighted by Gasteiger charge is 2.23. The Kier molecular flexibility index (Phi) is 6.02. The lowest BCUT2D eigenvalue weighted by Crippen LogP contribution is -2.46. The summed E-state index contributed by atoms with van der Waals surface area (Å²) in [7, 11) is 0. The summed E-state index contributed by atoms with van der Waals surface area (Å²) >= 11 is 0. The second-order valence-corrected chi connectivity index (χ2v) is 5.06. The number of para-hydroxylation sites is 1. The number of aliphatic hydroxyl groups excluding tert-OH is 1. The van der Waals surface area contributed by atoms with Gasteiger partial charge in [0.2, 0.25) is 5.91 Å². The molecule has 1 heterocycles. The normalized spacial score (nSPS) is 18.6. The van der Waals surface area contributed by atoms with Gasteiger partial charge in [-0.3, -0.25) is 4.79 Å². The Labute approximate surface area is 125 Å². The molecule has 1 aromatic carbocycles. The number of carbonyl (C=O) groups is 1. The fourth-order valence-corrected chi connectivity index (χ4v) is 2.46. The molecule has 1 aliphatic rings. The Hall–Kier alpha value is -1.59. The molecule has 116 valence electrons. The first kappa shape index (κ1) is 15.8. The van der Waals surface area contributed by atoms with Crippen molar-refractivity contribution in [3.8, 4) is 5.75 Å². The zero-order chi connectivity index (χ0) is 15.1. The van der Waals surface area contributed by atoms with Crippen LogP contribution in [0.5, 0.6) is 5.75 Å². The predicted octanol–water partition coefficient (Wildman–Crippen LogP) is 1.24. The number of ether oxygens (including phenoxy) is 2. The van der Waals surface area contributed by atoms with Crippen molar-refractivity contribution in [3.05, 3.63) is 29.8 Å². The van der Waals surface area contributed by atoms with E-state index >= 15 is 0 Å². The summed E-state index contributed by atoms with van der Waals surface area (Å²) in [5.41, 5.74) is 1.06. The highest BCUT2D eigenvalue weighted by Crippen LogP contribution is 2.20. The Morgan fingerprint density at radius 3 is 3.05 bits per heavy atom. The summed E-state index contributed by atoms with van der Waals surface area (Å²) in [6.07, 6.45) is 0.858. The van der Waals surface area contributed by atoms with Crippen molar-refractivity contribution in [3.63, 3.8) is 0 Å². The number of morpholine rings is 1. The van der Waals surface area contributed by atoms with E-state index in [1.54, 1.807) is 4.90 Å². The van der Waals surface area contributed by atoms with Gasteiger partial charge in [0.25, 0.3) is 0 Å². The summed E-state index contributed by atoms with van der Waals surface area (Å²) in [6.45, 7) is 4.09. The van der Waals surface area contributed by atoms with E-state index in [9.17, 15) is 4.79 Å². The van der Waals surface area contributed by atoms with Gasteiger partial charge in [0.05, 0.1) is 25.9 Å².